The van der Waals surface area contributed by atoms with Crippen LogP contribution in [-0.2, 0) is 20.0 Å². The molecule has 1 aromatic carbocycles. The monoisotopic (exact) mass is 348 g/mol. The largest absolute Gasteiger partial charge is 0.489 e. The van der Waals surface area contributed by atoms with E-state index in [4.69, 9.17) is 4.74 Å². The van der Waals surface area contributed by atoms with Gasteiger partial charge in [-0.05, 0) is 18.6 Å². The lowest BCUT2D eigenvalue weighted by Crippen LogP contribution is -2.37. The third-order valence-corrected chi connectivity index (χ3v) is 5.77. The zero-order valence-corrected chi connectivity index (χ0v) is 14.2. The standard InChI is InChI=1S/C13H20N2O5S2/c1-3-4-9-22(18,19)14-11-5-6-12-13(10-11)20-8-7-15(12)21(2,16)17/h5-6,10,14H,3-4,7-9H2,1-2H3. The molecule has 0 radical (unpaired) electrons. The molecule has 0 aliphatic carbocycles. The van der Waals surface area contributed by atoms with Gasteiger partial charge in [0.25, 0.3) is 0 Å². The third kappa shape index (κ3) is 4.04. The van der Waals surface area contributed by atoms with Crippen LogP contribution < -0.4 is 13.8 Å². The Balaban J connectivity index is 2.25. The van der Waals surface area contributed by atoms with Crippen LogP contribution in [0.3, 0.4) is 0 Å². The van der Waals surface area contributed by atoms with Crippen molar-refractivity contribution < 1.29 is 21.6 Å². The Labute approximate surface area is 131 Å². The minimum atomic E-state index is -3.40. The van der Waals surface area contributed by atoms with Gasteiger partial charge in [0.1, 0.15) is 12.4 Å². The second-order valence-corrected chi connectivity index (χ2v) is 8.89. The molecule has 0 unspecified atom stereocenters. The molecule has 0 saturated heterocycles. The molecule has 0 fully saturated rings. The van der Waals surface area contributed by atoms with Gasteiger partial charge >= 0.3 is 0 Å². The number of anilines is 2. The van der Waals surface area contributed by atoms with Gasteiger partial charge in [-0.3, -0.25) is 9.03 Å². The molecule has 0 amide bonds. The van der Waals surface area contributed by atoms with E-state index >= 15 is 0 Å². The smallest absolute Gasteiger partial charge is 0.232 e. The summed E-state index contributed by atoms with van der Waals surface area (Å²) in [6, 6.07) is 4.60. The van der Waals surface area contributed by atoms with Crippen LogP contribution in [0.15, 0.2) is 18.2 Å². The van der Waals surface area contributed by atoms with Crippen molar-refractivity contribution in [3.05, 3.63) is 18.2 Å². The minimum absolute atomic E-state index is 0.0525. The number of benzene rings is 1. The quantitative estimate of drug-likeness (QED) is 0.838. The van der Waals surface area contributed by atoms with Gasteiger partial charge < -0.3 is 4.74 Å². The molecule has 0 bridgehead atoms. The maximum absolute atomic E-state index is 11.9. The van der Waals surface area contributed by atoms with E-state index < -0.39 is 20.0 Å². The highest BCUT2D eigenvalue weighted by Crippen LogP contribution is 2.35. The highest BCUT2D eigenvalue weighted by molar-refractivity contribution is 7.92. The Morgan fingerprint density at radius 3 is 2.64 bits per heavy atom. The molecule has 1 N–H and O–H groups in total. The summed E-state index contributed by atoms with van der Waals surface area (Å²) >= 11 is 0. The van der Waals surface area contributed by atoms with Crippen LogP contribution in [0.25, 0.3) is 0 Å². The number of nitrogens with zero attached hydrogens (tertiary/aromatic N) is 1. The first-order valence-corrected chi connectivity index (χ1v) is 10.5. The molecule has 7 nitrogen and oxygen atoms in total. The second-order valence-electron chi connectivity index (χ2n) is 5.14. The van der Waals surface area contributed by atoms with E-state index in [2.05, 4.69) is 4.72 Å². The SMILES string of the molecule is CCCCS(=O)(=O)Nc1ccc2c(c1)OCCN2S(C)(=O)=O. The maximum atomic E-state index is 11.9. The summed E-state index contributed by atoms with van der Waals surface area (Å²) in [6.07, 6.45) is 2.50. The van der Waals surface area contributed by atoms with E-state index in [-0.39, 0.29) is 18.9 Å². The van der Waals surface area contributed by atoms with Crippen molar-refractivity contribution in [2.24, 2.45) is 0 Å². The molecule has 22 heavy (non-hydrogen) atoms. The number of hydrogen-bond donors (Lipinski definition) is 1. The van der Waals surface area contributed by atoms with Crippen LogP contribution in [0.2, 0.25) is 0 Å². The number of hydrogen-bond acceptors (Lipinski definition) is 5. The van der Waals surface area contributed by atoms with Gasteiger partial charge in [-0.25, -0.2) is 16.8 Å². The third-order valence-electron chi connectivity index (χ3n) is 3.22. The number of nitrogens with one attached hydrogen (secondary N) is 1. The van der Waals surface area contributed by atoms with Gasteiger partial charge in [0, 0.05) is 6.07 Å². The summed E-state index contributed by atoms with van der Waals surface area (Å²) < 4.78 is 56.4. The van der Waals surface area contributed by atoms with E-state index in [1.165, 1.54) is 16.4 Å². The molecule has 2 rings (SSSR count). The van der Waals surface area contributed by atoms with Crippen molar-refractivity contribution in [3.63, 3.8) is 0 Å². The lowest BCUT2D eigenvalue weighted by atomic mass is 10.2. The molecule has 0 atom stereocenters. The first-order chi connectivity index (χ1) is 10.2. The van der Waals surface area contributed by atoms with E-state index in [9.17, 15) is 16.8 Å². The fourth-order valence-corrected chi connectivity index (χ4v) is 4.34. The fourth-order valence-electron chi connectivity index (χ4n) is 2.17. The van der Waals surface area contributed by atoms with Crippen LogP contribution in [0.4, 0.5) is 11.4 Å². The summed E-state index contributed by atoms with van der Waals surface area (Å²) in [5, 5.41) is 0. The van der Waals surface area contributed by atoms with Crippen LogP contribution in [-0.4, -0.2) is 42.0 Å². The zero-order chi connectivity index (χ0) is 16.4. The molecule has 0 aromatic heterocycles. The lowest BCUT2D eigenvalue weighted by molar-refractivity contribution is 0.316. The summed E-state index contributed by atoms with van der Waals surface area (Å²) in [5.41, 5.74) is 0.787. The number of rotatable bonds is 6. The van der Waals surface area contributed by atoms with Crippen molar-refractivity contribution in [2.75, 3.05) is 34.2 Å². The van der Waals surface area contributed by atoms with E-state index in [1.807, 2.05) is 6.92 Å². The average molecular weight is 348 g/mol. The highest BCUT2D eigenvalue weighted by Gasteiger charge is 2.25. The molecule has 9 heteroatoms. The molecule has 1 aliphatic heterocycles. The molecular formula is C13H20N2O5S2. The fraction of sp³-hybridized carbons (Fsp3) is 0.538. The van der Waals surface area contributed by atoms with E-state index in [0.29, 0.717) is 23.5 Å². The molecule has 124 valence electrons. The molecule has 1 aromatic rings. The number of ether oxygens (including phenoxy) is 1. The van der Waals surface area contributed by atoms with Gasteiger partial charge in [-0.2, -0.15) is 0 Å². The topological polar surface area (TPSA) is 92.8 Å². The van der Waals surface area contributed by atoms with Gasteiger partial charge in [-0.1, -0.05) is 13.3 Å². The van der Waals surface area contributed by atoms with Gasteiger partial charge in [-0.15, -0.1) is 0 Å². The van der Waals surface area contributed by atoms with Crippen LogP contribution in [0.1, 0.15) is 19.8 Å². The van der Waals surface area contributed by atoms with Gasteiger partial charge in [0.2, 0.25) is 20.0 Å². The Kier molecular flexibility index (Phi) is 4.86. The van der Waals surface area contributed by atoms with Crippen molar-refractivity contribution in [1.29, 1.82) is 0 Å². The second kappa shape index (κ2) is 6.33. The number of unbranched alkanes of at least 4 members (excludes halogenated alkanes) is 1. The molecule has 1 aliphatic rings. The van der Waals surface area contributed by atoms with Crippen molar-refractivity contribution in [1.82, 2.24) is 0 Å². The van der Waals surface area contributed by atoms with Crippen molar-refractivity contribution in [3.8, 4) is 5.75 Å². The van der Waals surface area contributed by atoms with E-state index in [1.54, 1.807) is 6.07 Å². The Bertz CT molecular complexity index is 744. The Hall–Kier alpha value is -1.48. The molecule has 0 saturated carbocycles. The maximum Gasteiger partial charge on any atom is 0.232 e. The minimum Gasteiger partial charge on any atom is -0.489 e. The van der Waals surface area contributed by atoms with Crippen molar-refractivity contribution in [2.45, 2.75) is 19.8 Å². The van der Waals surface area contributed by atoms with E-state index in [0.717, 1.165) is 12.7 Å². The normalized spacial score (nSPS) is 15.1. The summed E-state index contributed by atoms with van der Waals surface area (Å²) in [6.45, 7) is 2.39. The zero-order valence-electron chi connectivity index (χ0n) is 12.6. The molecule has 1 heterocycles. The first-order valence-electron chi connectivity index (χ1n) is 6.98. The summed E-state index contributed by atoms with van der Waals surface area (Å²) in [5.74, 6) is 0.407. The predicted molar refractivity (Wildman–Crippen MR) is 86.4 cm³/mol. The molecule has 0 spiro atoms. The van der Waals surface area contributed by atoms with Crippen molar-refractivity contribution >= 4 is 31.4 Å². The van der Waals surface area contributed by atoms with Crippen LogP contribution in [0, 0.1) is 0 Å². The Morgan fingerprint density at radius 1 is 1.27 bits per heavy atom. The number of fused-ring (bicyclic) bond motifs is 1. The predicted octanol–water partition coefficient (Wildman–Crippen LogP) is 1.39. The number of sulfonamides is 2. The van der Waals surface area contributed by atoms with Crippen LogP contribution >= 0.6 is 0 Å². The average Bonchev–Trinajstić information content (AvgIpc) is 2.43. The van der Waals surface area contributed by atoms with Crippen LogP contribution in [0.5, 0.6) is 5.75 Å². The Morgan fingerprint density at radius 2 is 2.00 bits per heavy atom. The summed E-state index contributed by atoms with van der Waals surface area (Å²) in [4.78, 5) is 0. The lowest BCUT2D eigenvalue weighted by Gasteiger charge is -2.29. The molecular weight excluding hydrogens is 328 g/mol. The first kappa shape index (κ1) is 16.9. The van der Waals surface area contributed by atoms with Gasteiger partial charge in [0.15, 0.2) is 0 Å². The highest BCUT2D eigenvalue weighted by atomic mass is 32.2. The summed E-state index contributed by atoms with van der Waals surface area (Å²) in [7, 11) is -6.79. The van der Waals surface area contributed by atoms with Gasteiger partial charge in [0.05, 0.1) is 29.9 Å².